The first-order chi connectivity index (χ1) is 9.63. The molecule has 4 heteroatoms. The second-order valence-electron chi connectivity index (χ2n) is 5.69. The van der Waals surface area contributed by atoms with Crippen LogP contribution in [0.15, 0.2) is 24.3 Å². The van der Waals surface area contributed by atoms with Gasteiger partial charge in [0.25, 0.3) is 0 Å². The molecule has 1 aromatic carbocycles. The highest BCUT2D eigenvalue weighted by Crippen LogP contribution is 2.43. The minimum absolute atomic E-state index is 0.612. The quantitative estimate of drug-likeness (QED) is 0.762. The Morgan fingerprint density at radius 1 is 1.25 bits per heavy atom. The van der Waals surface area contributed by atoms with Crippen molar-refractivity contribution in [2.24, 2.45) is 0 Å². The maximum absolute atomic E-state index is 5.96. The summed E-state index contributed by atoms with van der Waals surface area (Å²) in [5.41, 5.74) is 10.8. The molecule has 1 saturated carbocycles. The van der Waals surface area contributed by atoms with Crippen LogP contribution in [0.2, 0.25) is 0 Å². The molecule has 2 aromatic heterocycles. The van der Waals surface area contributed by atoms with Gasteiger partial charge in [0.05, 0.1) is 20.9 Å². The summed E-state index contributed by atoms with van der Waals surface area (Å²) in [5.74, 6) is 1.09. The van der Waals surface area contributed by atoms with E-state index in [0.29, 0.717) is 6.04 Å². The first-order valence-corrected chi connectivity index (χ1v) is 7.80. The van der Waals surface area contributed by atoms with E-state index in [1.165, 1.54) is 34.4 Å². The lowest BCUT2D eigenvalue weighted by Crippen LogP contribution is -1.96. The molecule has 4 rings (SSSR count). The highest BCUT2D eigenvalue weighted by molar-refractivity contribution is 7.19. The number of rotatable bonds is 2. The SMILES string of the molecule is Cc1ccc2c(c1)nc(-c1sc(N)cc1C)n2C1CC1. The van der Waals surface area contributed by atoms with Gasteiger partial charge >= 0.3 is 0 Å². The number of anilines is 1. The molecule has 2 N–H and O–H groups in total. The third kappa shape index (κ3) is 1.75. The fourth-order valence-corrected chi connectivity index (χ4v) is 3.73. The Morgan fingerprint density at radius 3 is 2.70 bits per heavy atom. The summed E-state index contributed by atoms with van der Waals surface area (Å²) in [6.45, 7) is 4.23. The summed E-state index contributed by atoms with van der Waals surface area (Å²) in [4.78, 5) is 6.11. The molecule has 0 unspecified atom stereocenters. The number of aromatic nitrogens is 2. The number of fused-ring (bicyclic) bond motifs is 1. The van der Waals surface area contributed by atoms with Crippen molar-refractivity contribution in [3.63, 3.8) is 0 Å². The molecule has 0 aliphatic heterocycles. The van der Waals surface area contributed by atoms with Crippen LogP contribution in [0.5, 0.6) is 0 Å². The number of hydrogen-bond donors (Lipinski definition) is 1. The maximum Gasteiger partial charge on any atom is 0.151 e. The van der Waals surface area contributed by atoms with Crippen LogP contribution in [0.1, 0.15) is 30.0 Å². The van der Waals surface area contributed by atoms with Crippen molar-refractivity contribution >= 4 is 27.4 Å². The predicted molar refractivity (Wildman–Crippen MR) is 85.2 cm³/mol. The van der Waals surface area contributed by atoms with Gasteiger partial charge in [-0.3, -0.25) is 0 Å². The molecule has 3 aromatic rings. The van der Waals surface area contributed by atoms with Gasteiger partial charge in [0.2, 0.25) is 0 Å². The molecule has 20 heavy (non-hydrogen) atoms. The number of nitrogens with zero attached hydrogens (tertiary/aromatic N) is 2. The van der Waals surface area contributed by atoms with E-state index in [4.69, 9.17) is 10.7 Å². The molecule has 0 radical (unpaired) electrons. The zero-order chi connectivity index (χ0) is 13.9. The Morgan fingerprint density at radius 2 is 2.05 bits per heavy atom. The van der Waals surface area contributed by atoms with Crippen molar-refractivity contribution in [1.29, 1.82) is 0 Å². The van der Waals surface area contributed by atoms with Crippen LogP contribution < -0.4 is 5.73 Å². The van der Waals surface area contributed by atoms with E-state index in [1.54, 1.807) is 11.3 Å². The van der Waals surface area contributed by atoms with Crippen molar-refractivity contribution in [1.82, 2.24) is 9.55 Å². The number of nitrogen functional groups attached to an aromatic ring is 1. The van der Waals surface area contributed by atoms with Crippen molar-refractivity contribution < 1.29 is 0 Å². The molecular weight excluding hydrogens is 266 g/mol. The van der Waals surface area contributed by atoms with E-state index in [9.17, 15) is 0 Å². The molecular formula is C16H17N3S. The molecule has 0 atom stereocenters. The standard InChI is InChI=1S/C16H17N3S/c1-9-3-6-13-12(7-9)18-16(19(13)11-4-5-11)15-10(2)8-14(17)20-15/h3,6-8,11H,4-5,17H2,1-2H3. The van der Waals surface area contributed by atoms with Crippen molar-refractivity contribution in [2.45, 2.75) is 32.7 Å². The second-order valence-corrected chi connectivity index (χ2v) is 6.77. The average molecular weight is 283 g/mol. The molecule has 0 bridgehead atoms. The molecule has 1 fully saturated rings. The van der Waals surface area contributed by atoms with Gasteiger partial charge in [0.15, 0.2) is 5.82 Å². The fraction of sp³-hybridized carbons (Fsp3) is 0.312. The number of thiophene rings is 1. The summed E-state index contributed by atoms with van der Waals surface area (Å²) in [6, 6.07) is 9.19. The van der Waals surface area contributed by atoms with E-state index >= 15 is 0 Å². The highest BCUT2D eigenvalue weighted by Gasteiger charge is 2.29. The van der Waals surface area contributed by atoms with E-state index in [-0.39, 0.29) is 0 Å². The second kappa shape index (κ2) is 4.09. The van der Waals surface area contributed by atoms with Crippen LogP contribution in [-0.2, 0) is 0 Å². The normalized spacial score (nSPS) is 15.1. The number of imidazole rings is 1. The molecule has 1 aliphatic rings. The Kier molecular flexibility index (Phi) is 2.45. The van der Waals surface area contributed by atoms with Crippen molar-refractivity contribution in [3.8, 4) is 10.7 Å². The Hall–Kier alpha value is -1.81. The lowest BCUT2D eigenvalue weighted by molar-refractivity contribution is 0.776. The van der Waals surface area contributed by atoms with Crippen LogP contribution in [0.25, 0.3) is 21.7 Å². The van der Waals surface area contributed by atoms with Gasteiger partial charge in [-0.05, 0) is 56.0 Å². The predicted octanol–water partition coefficient (Wildman–Crippen LogP) is 4.30. The van der Waals surface area contributed by atoms with Gasteiger partial charge in [0.1, 0.15) is 0 Å². The monoisotopic (exact) mass is 283 g/mol. The van der Waals surface area contributed by atoms with Crippen LogP contribution >= 0.6 is 11.3 Å². The molecule has 2 heterocycles. The van der Waals surface area contributed by atoms with Crippen LogP contribution in [0.3, 0.4) is 0 Å². The lowest BCUT2D eigenvalue weighted by atomic mass is 10.2. The van der Waals surface area contributed by atoms with Gasteiger partial charge in [0, 0.05) is 6.04 Å². The zero-order valence-electron chi connectivity index (χ0n) is 11.7. The summed E-state index contributed by atoms with van der Waals surface area (Å²) in [7, 11) is 0. The largest absolute Gasteiger partial charge is 0.391 e. The van der Waals surface area contributed by atoms with E-state index in [1.807, 2.05) is 6.07 Å². The number of aryl methyl sites for hydroxylation is 2. The molecule has 3 nitrogen and oxygen atoms in total. The van der Waals surface area contributed by atoms with Crippen molar-refractivity contribution in [3.05, 3.63) is 35.4 Å². The number of benzene rings is 1. The zero-order valence-corrected chi connectivity index (χ0v) is 12.5. The number of nitrogens with two attached hydrogens (primary N) is 1. The van der Waals surface area contributed by atoms with Crippen LogP contribution in [0.4, 0.5) is 5.00 Å². The van der Waals surface area contributed by atoms with Crippen LogP contribution in [-0.4, -0.2) is 9.55 Å². The molecule has 1 aliphatic carbocycles. The molecule has 0 amide bonds. The third-order valence-electron chi connectivity index (χ3n) is 3.90. The van der Waals surface area contributed by atoms with Crippen LogP contribution in [0, 0.1) is 13.8 Å². The van der Waals surface area contributed by atoms with E-state index in [2.05, 4.69) is 36.6 Å². The minimum atomic E-state index is 0.612. The summed E-state index contributed by atoms with van der Waals surface area (Å²) < 4.78 is 2.41. The maximum atomic E-state index is 5.96. The Labute approximate surface area is 122 Å². The average Bonchev–Trinajstić information content (AvgIpc) is 3.08. The lowest BCUT2D eigenvalue weighted by Gasteiger charge is -2.06. The minimum Gasteiger partial charge on any atom is -0.391 e. The summed E-state index contributed by atoms with van der Waals surface area (Å²) >= 11 is 1.64. The Balaban J connectivity index is 2.03. The first kappa shape index (κ1) is 12.0. The summed E-state index contributed by atoms with van der Waals surface area (Å²) in [6.07, 6.45) is 2.51. The van der Waals surface area contributed by atoms with E-state index < -0.39 is 0 Å². The summed E-state index contributed by atoms with van der Waals surface area (Å²) in [5, 5.41) is 0.864. The Bertz CT molecular complexity index is 809. The van der Waals surface area contributed by atoms with Gasteiger partial charge in [-0.15, -0.1) is 11.3 Å². The third-order valence-corrected chi connectivity index (χ3v) is 4.96. The smallest absolute Gasteiger partial charge is 0.151 e. The topological polar surface area (TPSA) is 43.8 Å². The molecule has 102 valence electrons. The van der Waals surface area contributed by atoms with E-state index in [0.717, 1.165) is 16.3 Å². The van der Waals surface area contributed by atoms with Gasteiger partial charge in [-0.25, -0.2) is 4.98 Å². The number of hydrogen-bond acceptors (Lipinski definition) is 3. The van der Waals surface area contributed by atoms with Gasteiger partial charge in [-0.1, -0.05) is 6.07 Å². The first-order valence-electron chi connectivity index (χ1n) is 6.98. The molecule has 0 saturated heterocycles. The fourth-order valence-electron chi connectivity index (χ4n) is 2.80. The van der Waals surface area contributed by atoms with Gasteiger partial charge in [-0.2, -0.15) is 0 Å². The van der Waals surface area contributed by atoms with Gasteiger partial charge < -0.3 is 10.3 Å². The van der Waals surface area contributed by atoms with Crippen molar-refractivity contribution in [2.75, 3.05) is 5.73 Å². The highest BCUT2D eigenvalue weighted by atomic mass is 32.1. The molecule has 0 spiro atoms.